The van der Waals surface area contributed by atoms with Gasteiger partial charge in [-0.25, -0.2) is 8.78 Å². The topological polar surface area (TPSA) is 151 Å². The minimum Gasteiger partial charge on any atom is -0.462 e. The van der Waals surface area contributed by atoms with Gasteiger partial charge in [0.05, 0.1) is 23.6 Å². The van der Waals surface area contributed by atoms with Crippen LogP contribution in [0.1, 0.15) is 50.2 Å². The smallest absolute Gasteiger partial charge is 0.323 e. The number of rotatable bonds is 11. The molecule has 216 valence electrons. The fraction of sp³-hybridized carbons (Fsp3) is 0.464. The summed E-state index contributed by atoms with van der Waals surface area (Å²) in [6.45, 7) is 3.60. The maximum atomic E-state index is 15.7. The van der Waals surface area contributed by atoms with Gasteiger partial charge in [0.2, 0.25) is 5.91 Å². The molecule has 0 saturated carbocycles. The lowest BCUT2D eigenvalue weighted by atomic mass is 9.62. The van der Waals surface area contributed by atoms with E-state index >= 15 is 8.78 Å². The van der Waals surface area contributed by atoms with E-state index in [-0.39, 0.29) is 27.6 Å². The minimum atomic E-state index is -1.85. The van der Waals surface area contributed by atoms with Crippen LogP contribution in [0.5, 0.6) is 0 Å². The molecule has 0 aliphatic carbocycles. The number of carbonyl (C=O) groups excluding carboxylic acids is 2. The van der Waals surface area contributed by atoms with Crippen molar-refractivity contribution in [2.24, 2.45) is 16.9 Å². The molecule has 12 heteroatoms. The van der Waals surface area contributed by atoms with Gasteiger partial charge in [-0.2, -0.15) is 5.26 Å². The van der Waals surface area contributed by atoms with Crippen molar-refractivity contribution in [1.82, 2.24) is 5.32 Å². The fourth-order valence-corrected chi connectivity index (χ4v) is 5.87. The summed E-state index contributed by atoms with van der Waals surface area (Å²) in [5.41, 5.74) is 8.40. The molecule has 0 aromatic heterocycles. The number of nitrogens with zero attached hydrogens (tertiary/aromatic N) is 1. The van der Waals surface area contributed by atoms with Crippen molar-refractivity contribution >= 4 is 35.1 Å². The lowest BCUT2D eigenvalue weighted by Gasteiger charge is -2.38. The van der Waals surface area contributed by atoms with E-state index in [1.54, 1.807) is 0 Å². The van der Waals surface area contributed by atoms with Gasteiger partial charge in [0.25, 0.3) is 0 Å². The van der Waals surface area contributed by atoms with E-state index in [0.29, 0.717) is 13.0 Å². The van der Waals surface area contributed by atoms with E-state index in [2.05, 4.69) is 11.4 Å². The van der Waals surface area contributed by atoms with Crippen molar-refractivity contribution in [1.29, 1.82) is 5.26 Å². The Morgan fingerprint density at radius 2 is 1.98 bits per heavy atom. The molecule has 2 aromatic rings. The van der Waals surface area contributed by atoms with Crippen LogP contribution >= 0.6 is 23.2 Å². The number of amides is 1. The van der Waals surface area contributed by atoms with Crippen LogP contribution in [-0.4, -0.2) is 48.3 Å². The van der Waals surface area contributed by atoms with E-state index in [4.69, 9.17) is 39.4 Å². The first-order chi connectivity index (χ1) is 18.8. The summed E-state index contributed by atoms with van der Waals surface area (Å²) in [4.78, 5) is 24.7. The molecule has 0 spiro atoms. The van der Waals surface area contributed by atoms with Gasteiger partial charge in [0.1, 0.15) is 29.7 Å². The predicted molar refractivity (Wildman–Crippen MR) is 146 cm³/mol. The summed E-state index contributed by atoms with van der Waals surface area (Å²) in [6, 6.07) is 7.94. The Morgan fingerprint density at radius 1 is 1.27 bits per heavy atom. The number of aliphatic hydroxyl groups excluding tert-OH is 1. The van der Waals surface area contributed by atoms with Gasteiger partial charge in [-0.3, -0.25) is 14.9 Å². The normalized spacial score (nSPS) is 23.4. The van der Waals surface area contributed by atoms with E-state index in [0.717, 1.165) is 6.07 Å². The molecule has 1 fully saturated rings. The largest absolute Gasteiger partial charge is 0.462 e. The van der Waals surface area contributed by atoms with Crippen LogP contribution in [0.15, 0.2) is 36.4 Å². The Bertz CT molecular complexity index is 1310. The summed E-state index contributed by atoms with van der Waals surface area (Å²) < 4.78 is 36.6. The number of ether oxygens (including phenoxy) is 1. The number of nitrogens with two attached hydrogens (primary N) is 2. The summed E-state index contributed by atoms with van der Waals surface area (Å²) >= 11 is 12.1. The maximum absolute atomic E-state index is 15.7. The quantitative estimate of drug-likeness (QED) is 0.289. The SMILES string of the molecule is CC(C)(CCN)C[C@@H]1N[C@@H](C(=O)OC[C@@H](O)CC(N)=O)[C@H](c2cccc(Cl)c2F)[C@@]1(C#N)c1ccc(Cl)cc1F. The molecule has 0 bridgehead atoms. The van der Waals surface area contributed by atoms with Gasteiger partial charge in [0.15, 0.2) is 0 Å². The molecule has 0 radical (unpaired) electrons. The number of primary amides is 1. The molecule has 3 rings (SSSR count). The van der Waals surface area contributed by atoms with Crippen molar-refractivity contribution in [3.63, 3.8) is 0 Å². The zero-order valence-corrected chi connectivity index (χ0v) is 23.6. The molecule has 8 nitrogen and oxygen atoms in total. The molecule has 1 amide bonds. The number of carbonyl (C=O) groups is 2. The van der Waals surface area contributed by atoms with Crippen molar-refractivity contribution in [2.75, 3.05) is 13.2 Å². The third kappa shape index (κ3) is 6.56. The Balaban J connectivity index is 2.24. The number of hydrogen-bond donors (Lipinski definition) is 4. The molecule has 0 unspecified atom stereocenters. The second kappa shape index (κ2) is 12.8. The Morgan fingerprint density at radius 3 is 2.58 bits per heavy atom. The molecule has 1 saturated heterocycles. The summed E-state index contributed by atoms with van der Waals surface area (Å²) in [6.07, 6.45) is -1.04. The summed E-state index contributed by atoms with van der Waals surface area (Å²) in [7, 11) is 0. The van der Waals surface area contributed by atoms with E-state index < -0.39 is 71.5 Å². The number of hydrogen-bond acceptors (Lipinski definition) is 7. The molecular formula is C28H32Cl2F2N4O4. The molecule has 1 aliphatic rings. The molecule has 1 aliphatic heterocycles. The first-order valence-electron chi connectivity index (χ1n) is 12.7. The van der Waals surface area contributed by atoms with Crippen LogP contribution in [0.3, 0.4) is 0 Å². The molecule has 40 heavy (non-hydrogen) atoms. The highest BCUT2D eigenvalue weighted by Gasteiger charge is 2.61. The van der Waals surface area contributed by atoms with Gasteiger partial charge in [-0.1, -0.05) is 55.2 Å². The maximum Gasteiger partial charge on any atom is 0.323 e. The number of esters is 1. The summed E-state index contributed by atoms with van der Waals surface area (Å²) in [5, 5.41) is 23.8. The average molecular weight is 597 g/mol. The number of benzene rings is 2. The Kier molecular flexibility index (Phi) is 10.1. The molecule has 2 aromatic carbocycles. The molecular weight excluding hydrogens is 565 g/mol. The van der Waals surface area contributed by atoms with Crippen LogP contribution in [0.4, 0.5) is 8.78 Å². The van der Waals surface area contributed by atoms with Crippen LogP contribution in [0, 0.1) is 28.4 Å². The monoisotopic (exact) mass is 596 g/mol. The Hall–Kier alpha value is -2.81. The highest BCUT2D eigenvalue weighted by atomic mass is 35.5. The predicted octanol–water partition coefficient (Wildman–Crippen LogP) is 3.70. The van der Waals surface area contributed by atoms with Gasteiger partial charge in [-0.05, 0) is 48.6 Å². The van der Waals surface area contributed by atoms with Gasteiger partial charge < -0.3 is 21.3 Å². The van der Waals surface area contributed by atoms with Gasteiger partial charge in [-0.15, -0.1) is 0 Å². The van der Waals surface area contributed by atoms with Gasteiger partial charge in [0, 0.05) is 22.5 Å². The third-order valence-corrected chi connectivity index (χ3v) is 7.85. The number of nitrogens with one attached hydrogen (secondary N) is 1. The highest BCUT2D eigenvalue weighted by Crippen LogP contribution is 2.53. The number of halogens is 4. The number of aliphatic hydroxyl groups is 1. The first-order valence-corrected chi connectivity index (χ1v) is 13.4. The van der Waals surface area contributed by atoms with E-state index in [1.807, 2.05) is 13.8 Å². The standard InChI is InChI=1S/C28H32Cl2F2N4O4/c1-27(2,8-9-33)12-21-28(14-34,18-7-6-15(29)10-20(18)31)23(17-4-3-5-19(30)24(17)32)25(36-21)26(39)40-13-16(37)11-22(35)38/h3-7,10,16,21,23,25,36-37H,8-9,11-13,33H2,1-2H3,(H2,35,38)/t16-,21-,23-,25+,28-/m0/s1. The van der Waals surface area contributed by atoms with Crippen LogP contribution in [0.25, 0.3) is 0 Å². The lowest BCUT2D eigenvalue weighted by molar-refractivity contribution is -0.150. The van der Waals surface area contributed by atoms with Crippen molar-refractivity contribution in [3.05, 3.63) is 69.2 Å². The van der Waals surface area contributed by atoms with E-state index in [1.165, 1.54) is 30.3 Å². The van der Waals surface area contributed by atoms with Crippen molar-refractivity contribution in [2.45, 2.75) is 62.6 Å². The first kappa shape index (κ1) is 31.7. The molecule has 6 N–H and O–H groups in total. The zero-order chi connectivity index (χ0) is 29.8. The van der Waals surface area contributed by atoms with E-state index in [9.17, 15) is 20.0 Å². The van der Waals surface area contributed by atoms with Gasteiger partial charge >= 0.3 is 5.97 Å². The summed E-state index contributed by atoms with van der Waals surface area (Å²) in [5.74, 6) is -4.76. The van der Waals surface area contributed by atoms with Crippen molar-refractivity contribution < 1.29 is 28.2 Å². The third-order valence-electron chi connectivity index (χ3n) is 7.32. The molecule has 5 atom stereocenters. The zero-order valence-electron chi connectivity index (χ0n) is 22.1. The second-order valence-electron chi connectivity index (χ2n) is 10.8. The lowest BCUT2D eigenvalue weighted by Crippen LogP contribution is -2.45. The molecule has 1 heterocycles. The van der Waals surface area contributed by atoms with Crippen LogP contribution in [0.2, 0.25) is 10.0 Å². The van der Waals surface area contributed by atoms with Crippen LogP contribution < -0.4 is 16.8 Å². The van der Waals surface area contributed by atoms with Crippen molar-refractivity contribution in [3.8, 4) is 6.07 Å². The fourth-order valence-electron chi connectivity index (χ4n) is 5.53. The average Bonchev–Trinajstić information content (AvgIpc) is 3.17. The number of nitriles is 1. The second-order valence-corrected chi connectivity index (χ2v) is 11.6. The minimum absolute atomic E-state index is 0.0881. The van der Waals surface area contributed by atoms with Crippen LogP contribution in [-0.2, 0) is 19.7 Å². The highest BCUT2D eigenvalue weighted by molar-refractivity contribution is 6.31. The Labute approximate surface area is 241 Å².